The normalized spacial score (nSPS) is 12.2. The second kappa shape index (κ2) is 11.7. The Balaban J connectivity index is 2.45. The minimum absolute atomic E-state index is 0.00592. The number of hydrogen-bond acceptors (Lipinski definition) is 4. The Morgan fingerprint density at radius 2 is 1.79 bits per heavy atom. The number of rotatable bonds is 10. The van der Waals surface area contributed by atoms with Gasteiger partial charge in [0.05, 0.1) is 22.0 Å². The van der Waals surface area contributed by atoms with E-state index in [0.717, 1.165) is 16.6 Å². The summed E-state index contributed by atoms with van der Waals surface area (Å²) in [6.45, 7) is 3.25. The molecule has 0 aliphatic carbocycles. The first-order valence-corrected chi connectivity index (χ1v) is 12.8. The van der Waals surface area contributed by atoms with Gasteiger partial charge in [-0.25, -0.2) is 12.8 Å². The minimum Gasteiger partial charge on any atom is -0.355 e. The molecule has 0 saturated heterocycles. The Morgan fingerprint density at radius 1 is 1.09 bits per heavy atom. The molecule has 0 saturated carbocycles. The van der Waals surface area contributed by atoms with Crippen LogP contribution in [0.1, 0.15) is 25.8 Å². The number of likely N-dealkylation sites (N-methyl/N-ethyl adjacent to an activating group) is 1. The number of sulfonamides is 1. The summed E-state index contributed by atoms with van der Waals surface area (Å²) in [7, 11) is -3.93. The average molecular weight is 518 g/mol. The lowest BCUT2D eigenvalue weighted by Crippen LogP contribution is -2.52. The van der Waals surface area contributed by atoms with Crippen molar-refractivity contribution in [1.29, 1.82) is 0 Å². The van der Waals surface area contributed by atoms with Gasteiger partial charge in [0.25, 0.3) is 0 Å². The first kappa shape index (κ1) is 26.9. The molecule has 11 heteroatoms. The zero-order chi connectivity index (χ0) is 24.8. The van der Waals surface area contributed by atoms with Crippen molar-refractivity contribution in [3.8, 4) is 0 Å². The number of nitrogens with one attached hydrogen (secondary N) is 1. The van der Waals surface area contributed by atoms with Crippen molar-refractivity contribution in [1.82, 2.24) is 10.2 Å². The zero-order valence-electron chi connectivity index (χ0n) is 18.5. The van der Waals surface area contributed by atoms with Gasteiger partial charge in [-0.2, -0.15) is 0 Å². The molecule has 0 aliphatic rings. The smallest absolute Gasteiger partial charge is 0.244 e. The predicted molar refractivity (Wildman–Crippen MR) is 128 cm³/mol. The molecule has 0 aromatic heterocycles. The topological polar surface area (TPSA) is 86.8 Å². The molecule has 2 aromatic carbocycles. The van der Waals surface area contributed by atoms with Crippen LogP contribution < -0.4 is 9.62 Å². The molecule has 2 amide bonds. The summed E-state index contributed by atoms with van der Waals surface area (Å²) in [4.78, 5) is 27.4. The predicted octanol–water partition coefficient (Wildman–Crippen LogP) is 3.84. The van der Waals surface area contributed by atoms with Crippen molar-refractivity contribution in [3.05, 3.63) is 63.9 Å². The molecular formula is C22H26Cl2FN3O4S. The molecular weight excluding hydrogens is 492 g/mol. The lowest BCUT2D eigenvalue weighted by molar-refractivity contribution is -0.140. The maximum atomic E-state index is 13.8. The summed E-state index contributed by atoms with van der Waals surface area (Å²) in [5, 5.41) is 3.32. The molecule has 33 heavy (non-hydrogen) atoms. The van der Waals surface area contributed by atoms with Crippen molar-refractivity contribution in [2.75, 3.05) is 23.7 Å². The van der Waals surface area contributed by atoms with Crippen LogP contribution in [0.15, 0.2) is 42.5 Å². The first-order chi connectivity index (χ1) is 15.5. The van der Waals surface area contributed by atoms with Gasteiger partial charge in [0.2, 0.25) is 21.8 Å². The van der Waals surface area contributed by atoms with E-state index in [2.05, 4.69) is 5.32 Å². The van der Waals surface area contributed by atoms with Gasteiger partial charge in [-0.05, 0) is 49.2 Å². The van der Waals surface area contributed by atoms with E-state index >= 15 is 0 Å². The molecule has 0 aliphatic heterocycles. The minimum atomic E-state index is -3.93. The Bertz CT molecular complexity index is 1110. The van der Waals surface area contributed by atoms with Crippen LogP contribution in [0.4, 0.5) is 10.1 Å². The molecule has 0 heterocycles. The van der Waals surface area contributed by atoms with Crippen LogP contribution in [0.25, 0.3) is 0 Å². The summed E-state index contributed by atoms with van der Waals surface area (Å²) in [5.41, 5.74) is 0.614. The van der Waals surface area contributed by atoms with Gasteiger partial charge < -0.3 is 10.2 Å². The van der Waals surface area contributed by atoms with Crippen molar-refractivity contribution >= 4 is 50.7 Å². The fourth-order valence-corrected chi connectivity index (χ4v) is 4.45. The van der Waals surface area contributed by atoms with E-state index in [1.54, 1.807) is 32.0 Å². The second-order valence-corrected chi connectivity index (χ2v) is 10.1. The zero-order valence-corrected chi connectivity index (χ0v) is 20.8. The van der Waals surface area contributed by atoms with Gasteiger partial charge >= 0.3 is 0 Å². The molecule has 2 aromatic rings. The fourth-order valence-electron chi connectivity index (χ4n) is 3.29. The number of nitrogens with zero attached hydrogens (tertiary/aromatic N) is 2. The Labute approximate surface area is 203 Å². The van der Waals surface area contributed by atoms with E-state index in [-0.39, 0.29) is 29.6 Å². The highest BCUT2D eigenvalue weighted by atomic mass is 35.5. The van der Waals surface area contributed by atoms with E-state index in [1.165, 1.54) is 23.1 Å². The van der Waals surface area contributed by atoms with Crippen molar-refractivity contribution < 1.29 is 22.4 Å². The molecule has 1 atom stereocenters. The third-order valence-corrected chi connectivity index (χ3v) is 6.73. The number of halogens is 3. The van der Waals surface area contributed by atoms with Crippen LogP contribution in [0.3, 0.4) is 0 Å². The highest BCUT2D eigenvalue weighted by Crippen LogP contribution is 2.25. The van der Waals surface area contributed by atoms with E-state index in [0.29, 0.717) is 17.1 Å². The van der Waals surface area contributed by atoms with Gasteiger partial charge in [0.1, 0.15) is 18.4 Å². The molecule has 2 rings (SSSR count). The largest absolute Gasteiger partial charge is 0.355 e. The SMILES string of the molecule is CCNC(=O)C(CC)N(Cc1ccc(Cl)c(Cl)c1)C(=O)CN(c1cccc(F)c1)S(C)(=O)=O. The molecule has 0 fully saturated rings. The number of anilines is 1. The van der Waals surface area contributed by atoms with E-state index in [1.807, 2.05) is 0 Å². The molecule has 0 spiro atoms. The molecule has 1 unspecified atom stereocenters. The van der Waals surface area contributed by atoms with Gasteiger partial charge in [0.15, 0.2) is 0 Å². The molecule has 7 nitrogen and oxygen atoms in total. The Kier molecular flexibility index (Phi) is 9.51. The van der Waals surface area contributed by atoms with Gasteiger partial charge in [0, 0.05) is 13.1 Å². The van der Waals surface area contributed by atoms with Gasteiger partial charge in [-0.15, -0.1) is 0 Å². The quantitative estimate of drug-likeness (QED) is 0.518. The maximum Gasteiger partial charge on any atom is 0.244 e. The number of hydrogen-bond donors (Lipinski definition) is 1. The van der Waals surface area contributed by atoms with E-state index in [4.69, 9.17) is 23.2 Å². The van der Waals surface area contributed by atoms with E-state index in [9.17, 15) is 22.4 Å². The summed E-state index contributed by atoms with van der Waals surface area (Å²) >= 11 is 12.1. The summed E-state index contributed by atoms with van der Waals surface area (Å²) in [5.74, 6) is -1.64. The van der Waals surface area contributed by atoms with Crippen LogP contribution >= 0.6 is 23.2 Å². The average Bonchev–Trinajstić information content (AvgIpc) is 2.73. The fraction of sp³-hybridized carbons (Fsp3) is 0.364. The van der Waals surface area contributed by atoms with Gasteiger partial charge in [-0.1, -0.05) is 42.3 Å². The first-order valence-electron chi connectivity index (χ1n) is 10.2. The van der Waals surface area contributed by atoms with Crippen LogP contribution in [0.5, 0.6) is 0 Å². The van der Waals surface area contributed by atoms with Crippen molar-refractivity contribution in [3.63, 3.8) is 0 Å². The number of benzene rings is 2. The Hall–Kier alpha value is -2.36. The van der Waals surface area contributed by atoms with Crippen LogP contribution in [0.2, 0.25) is 10.0 Å². The highest BCUT2D eigenvalue weighted by Gasteiger charge is 2.31. The highest BCUT2D eigenvalue weighted by molar-refractivity contribution is 7.92. The van der Waals surface area contributed by atoms with Gasteiger partial charge in [-0.3, -0.25) is 13.9 Å². The van der Waals surface area contributed by atoms with Crippen molar-refractivity contribution in [2.24, 2.45) is 0 Å². The maximum absolute atomic E-state index is 13.8. The third kappa shape index (κ3) is 7.31. The number of carbonyl (C=O) groups excluding carboxylic acids is 2. The monoisotopic (exact) mass is 517 g/mol. The Morgan fingerprint density at radius 3 is 2.33 bits per heavy atom. The van der Waals surface area contributed by atoms with Crippen LogP contribution in [-0.2, 0) is 26.2 Å². The van der Waals surface area contributed by atoms with Crippen LogP contribution in [-0.4, -0.2) is 50.5 Å². The standard InChI is InChI=1S/C22H26Cl2FN3O4S/c1-4-20(22(30)26-5-2)27(13-15-9-10-18(23)19(24)11-15)21(29)14-28(33(3,31)32)17-8-6-7-16(25)12-17/h6-12,20H,4-5,13-14H2,1-3H3,(H,26,30). The van der Waals surface area contributed by atoms with Crippen molar-refractivity contribution in [2.45, 2.75) is 32.9 Å². The lowest BCUT2D eigenvalue weighted by Gasteiger charge is -2.32. The second-order valence-electron chi connectivity index (χ2n) is 7.34. The molecule has 180 valence electrons. The lowest BCUT2D eigenvalue weighted by atomic mass is 10.1. The summed E-state index contributed by atoms with van der Waals surface area (Å²) in [6.07, 6.45) is 1.22. The van der Waals surface area contributed by atoms with E-state index < -0.39 is 34.3 Å². The third-order valence-electron chi connectivity index (χ3n) is 4.85. The number of carbonyl (C=O) groups is 2. The molecule has 1 N–H and O–H groups in total. The number of amides is 2. The summed E-state index contributed by atoms with van der Waals surface area (Å²) in [6, 6.07) is 8.90. The molecule has 0 radical (unpaired) electrons. The summed E-state index contributed by atoms with van der Waals surface area (Å²) < 4.78 is 39.4. The molecule has 0 bridgehead atoms. The van der Waals surface area contributed by atoms with Crippen LogP contribution in [0, 0.1) is 5.82 Å².